The second-order valence-corrected chi connectivity index (χ2v) is 17.9. The maximum absolute atomic E-state index is 6.96. The molecule has 7 aromatic carbocycles. The number of nitrogens with one attached hydrogen (secondary N) is 2. The number of nitrogens with two attached hydrogens (primary N) is 1. The number of para-hydroxylation sites is 1. The van der Waals surface area contributed by atoms with Gasteiger partial charge in [-0.3, -0.25) is 10.6 Å². The van der Waals surface area contributed by atoms with E-state index in [1.165, 1.54) is 33.0 Å². The molecule has 2 heterocycles. The summed E-state index contributed by atoms with van der Waals surface area (Å²) in [4.78, 5) is 2.27. The fourth-order valence-electron chi connectivity index (χ4n) is 9.75. The van der Waals surface area contributed by atoms with Crippen molar-refractivity contribution in [3.63, 3.8) is 0 Å². The van der Waals surface area contributed by atoms with E-state index in [-0.39, 0.29) is 17.6 Å². The number of hydrogen-bond acceptors (Lipinski definition) is 4. The molecule has 5 heteroatoms. The van der Waals surface area contributed by atoms with Crippen LogP contribution < -0.4 is 31.8 Å². The molecule has 0 fully saturated rings. The minimum absolute atomic E-state index is 0.0617. The van der Waals surface area contributed by atoms with Gasteiger partial charge in [0.05, 0.1) is 23.2 Å². The summed E-state index contributed by atoms with van der Waals surface area (Å²) in [7, 11) is 0. The first-order valence-electron chi connectivity index (χ1n) is 22.5. The summed E-state index contributed by atoms with van der Waals surface area (Å²) >= 11 is 0. The first kappa shape index (κ1) is 41.0. The van der Waals surface area contributed by atoms with Crippen LogP contribution in [0.25, 0.3) is 50.8 Å². The summed E-state index contributed by atoms with van der Waals surface area (Å²) in [6.07, 6.45) is 10.00. The third-order valence-electron chi connectivity index (χ3n) is 13.4. The van der Waals surface area contributed by atoms with Gasteiger partial charge >= 0.3 is 0 Å². The maximum Gasteiger partial charge on any atom is 0.0854 e. The number of allylic oxidation sites excluding steroid dienone is 3. The van der Waals surface area contributed by atoms with Gasteiger partial charge in [-0.1, -0.05) is 167 Å². The number of aromatic nitrogens is 1. The van der Waals surface area contributed by atoms with E-state index < -0.39 is 6.17 Å². The smallest absolute Gasteiger partial charge is 0.0854 e. The third-order valence-corrected chi connectivity index (χ3v) is 13.4. The summed E-state index contributed by atoms with van der Waals surface area (Å²) in [5.74, 6) is 0. The van der Waals surface area contributed by atoms with Gasteiger partial charge in [-0.25, -0.2) is 0 Å². The maximum atomic E-state index is 6.96. The summed E-state index contributed by atoms with van der Waals surface area (Å²) in [6, 6.07) is 58.8. The summed E-state index contributed by atoms with van der Waals surface area (Å²) in [6.45, 7) is 15.9. The first-order chi connectivity index (χ1) is 31.1. The minimum atomic E-state index is -0.392. The zero-order chi connectivity index (χ0) is 44.0. The quantitative estimate of drug-likeness (QED) is 0.127. The predicted octanol–water partition coefficient (Wildman–Crippen LogP) is 12.1. The molecular formula is C59H55N5. The van der Waals surface area contributed by atoms with Gasteiger partial charge in [0.25, 0.3) is 0 Å². The van der Waals surface area contributed by atoms with E-state index in [1.807, 2.05) is 18.2 Å². The zero-order valence-electron chi connectivity index (χ0n) is 36.9. The number of anilines is 1. The Hall–Kier alpha value is -7.02. The Morgan fingerprint density at radius 3 is 2.23 bits per heavy atom. The molecule has 1 aliphatic carbocycles. The Bertz CT molecular complexity index is 3240. The Labute approximate surface area is 376 Å². The lowest BCUT2D eigenvalue weighted by atomic mass is 9.82. The zero-order valence-corrected chi connectivity index (χ0v) is 36.9. The first-order valence-corrected chi connectivity index (χ1v) is 22.5. The molecule has 0 saturated heterocycles. The average Bonchev–Trinajstić information content (AvgIpc) is 3.74. The van der Waals surface area contributed by atoms with E-state index in [2.05, 4.69) is 224 Å². The molecule has 5 nitrogen and oxygen atoms in total. The molecule has 0 radical (unpaired) electrons. The summed E-state index contributed by atoms with van der Waals surface area (Å²) in [5, 5.41) is 13.5. The second-order valence-electron chi connectivity index (χ2n) is 17.9. The molecular weight excluding hydrogens is 779 g/mol. The highest BCUT2D eigenvalue weighted by Gasteiger charge is 2.36. The van der Waals surface area contributed by atoms with Crippen LogP contribution in [0.5, 0.6) is 0 Å². The largest absolute Gasteiger partial charge is 0.322 e. The van der Waals surface area contributed by atoms with Crippen molar-refractivity contribution in [2.45, 2.75) is 57.4 Å². The topological polar surface area (TPSA) is 58.3 Å². The van der Waals surface area contributed by atoms with E-state index in [0.717, 1.165) is 73.5 Å². The molecule has 8 aromatic rings. The standard InChI is InChI=1S/C59H55N5/c1-39-18-15-16-33-63(47-31-29-42-19-9-10-22-45(42)36-47)38-56-52(34-40(39)2)51-26-12-14-28-55(51)64(56)48-24-17-23-44(35-48)41(3)61-58(62-57(60)43-20-7-6-8-21-43)46-30-32-50-49-25-11-13-27-53(49)59(4,5)54(50)37-46/h6-14,16-17,19-38,41,57-58,61-62H,1-2,15,18,60H2,3-5H3/b33-16-,52-34-,56-38+. The molecule has 0 saturated carbocycles. The van der Waals surface area contributed by atoms with E-state index in [9.17, 15) is 0 Å². The molecule has 2 aliphatic rings. The van der Waals surface area contributed by atoms with Crippen molar-refractivity contribution in [1.82, 2.24) is 15.2 Å². The van der Waals surface area contributed by atoms with Crippen LogP contribution in [0, 0.1) is 0 Å². The van der Waals surface area contributed by atoms with Crippen LogP contribution in [-0.2, 0) is 5.41 Å². The van der Waals surface area contributed by atoms with Crippen molar-refractivity contribution in [1.29, 1.82) is 0 Å². The van der Waals surface area contributed by atoms with Crippen LogP contribution in [0.2, 0.25) is 0 Å². The van der Waals surface area contributed by atoms with Gasteiger partial charge in [0.1, 0.15) is 0 Å². The van der Waals surface area contributed by atoms with Gasteiger partial charge in [-0.2, -0.15) is 0 Å². The molecule has 4 N–H and O–H groups in total. The monoisotopic (exact) mass is 833 g/mol. The molecule has 3 unspecified atom stereocenters. The van der Waals surface area contributed by atoms with E-state index >= 15 is 0 Å². The van der Waals surface area contributed by atoms with Crippen LogP contribution in [0.3, 0.4) is 0 Å². The molecule has 3 atom stereocenters. The van der Waals surface area contributed by atoms with Crippen molar-refractivity contribution in [3.05, 3.63) is 239 Å². The highest BCUT2D eigenvalue weighted by Crippen LogP contribution is 2.49. The number of hydrogen-bond donors (Lipinski definition) is 3. The van der Waals surface area contributed by atoms with Gasteiger partial charge in [-0.05, 0) is 117 Å². The van der Waals surface area contributed by atoms with E-state index in [1.54, 1.807) is 0 Å². The molecule has 0 amide bonds. The number of nitrogens with zero attached hydrogens (tertiary/aromatic N) is 2. The lowest BCUT2D eigenvalue weighted by Gasteiger charge is -2.30. The molecule has 0 bridgehead atoms. The molecule has 1 aromatic heterocycles. The van der Waals surface area contributed by atoms with Crippen molar-refractivity contribution in [2.24, 2.45) is 5.73 Å². The van der Waals surface area contributed by atoms with Crippen LogP contribution in [0.4, 0.5) is 5.69 Å². The fraction of sp³-hybridized carbons (Fsp3) is 0.153. The van der Waals surface area contributed by atoms with Crippen molar-refractivity contribution in [3.8, 4) is 16.8 Å². The van der Waals surface area contributed by atoms with Gasteiger partial charge in [-0.15, -0.1) is 0 Å². The van der Waals surface area contributed by atoms with Gasteiger partial charge < -0.3 is 15.2 Å². The lowest BCUT2D eigenvalue weighted by molar-refractivity contribution is 0.356. The Balaban J connectivity index is 1.08. The van der Waals surface area contributed by atoms with Crippen molar-refractivity contribution >= 4 is 39.6 Å². The highest BCUT2D eigenvalue weighted by atomic mass is 15.2. The van der Waals surface area contributed by atoms with Crippen molar-refractivity contribution in [2.75, 3.05) is 4.90 Å². The third kappa shape index (κ3) is 7.62. The van der Waals surface area contributed by atoms with Crippen LogP contribution >= 0.6 is 0 Å². The Morgan fingerprint density at radius 1 is 0.641 bits per heavy atom. The Morgan fingerprint density at radius 2 is 1.38 bits per heavy atom. The average molecular weight is 834 g/mol. The molecule has 0 spiro atoms. The molecule has 316 valence electrons. The van der Waals surface area contributed by atoms with Crippen LogP contribution in [-0.4, -0.2) is 4.57 Å². The lowest BCUT2D eigenvalue weighted by Crippen LogP contribution is -2.41. The molecule has 10 rings (SSSR count). The minimum Gasteiger partial charge on any atom is -0.322 e. The van der Waals surface area contributed by atoms with E-state index in [0.29, 0.717) is 0 Å². The highest BCUT2D eigenvalue weighted by molar-refractivity contribution is 5.89. The van der Waals surface area contributed by atoms with Crippen molar-refractivity contribution < 1.29 is 0 Å². The number of rotatable bonds is 9. The predicted molar refractivity (Wildman–Crippen MR) is 269 cm³/mol. The fourth-order valence-corrected chi connectivity index (χ4v) is 9.75. The van der Waals surface area contributed by atoms with Gasteiger partial charge in [0.15, 0.2) is 0 Å². The van der Waals surface area contributed by atoms with Gasteiger partial charge in [0.2, 0.25) is 0 Å². The van der Waals surface area contributed by atoms with E-state index in [4.69, 9.17) is 5.73 Å². The molecule has 64 heavy (non-hydrogen) atoms. The van der Waals surface area contributed by atoms with Crippen LogP contribution in [0.15, 0.2) is 200 Å². The summed E-state index contributed by atoms with van der Waals surface area (Å²) in [5.41, 5.74) is 20.7. The number of fused-ring (bicyclic) bond motifs is 7. The van der Waals surface area contributed by atoms with Crippen LogP contribution in [0.1, 0.15) is 79.8 Å². The SMILES string of the molecule is C=C1/C=c2\c(n(-c3cccc(C(C)NC(NC(N)c4ccccc4)c4ccc5c(c4)C(C)(C)c4ccccc4-5)c3)c3ccccc23)=C/N(c2ccc3ccccc3c2)/C=C\CCC1=C. The second kappa shape index (κ2) is 16.9. The Kier molecular flexibility index (Phi) is 10.8. The number of benzene rings is 7. The van der Waals surface area contributed by atoms with Gasteiger partial charge in [0, 0.05) is 45.8 Å². The normalized spacial score (nSPS) is 17.5. The summed E-state index contributed by atoms with van der Waals surface area (Å²) < 4.78 is 2.40. The molecule has 1 aliphatic heterocycles.